The van der Waals surface area contributed by atoms with E-state index < -0.39 is 0 Å². The largest absolute Gasteiger partial charge is 0.300 e. The van der Waals surface area contributed by atoms with Crippen molar-refractivity contribution in [3.8, 4) is 0 Å². The van der Waals surface area contributed by atoms with Crippen LogP contribution in [0.3, 0.4) is 0 Å². The quantitative estimate of drug-likeness (QED) is 0.629. The fraction of sp³-hybridized carbons (Fsp3) is 1.00. The first-order chi connectivity index (χ1) is 6.26. The van der Waals surface area contributed by atoms with Crippen LogP contribution in [0, 0.1) is 5.92 Å². The van der Waals surface area contributed by atoms with Gasteiger partial charge in [0.25, 0.3) is 0 Å². The van der Waals surface area contributed by atoms with E-state index in [1.165, 1.54) is 6.42 Å². The third kappa shape index (κ3) is 3.58. The molecule has 3 nitrogen and oxygen atoms in total. The lowest BCUT2D eigenvalue weighted by molar-refractivity contribution is 0.211. The number of hydrogen-bond donors (Lipinski definition) is 1. The number of nitrogens with zero attached hydrogens (tertiary/aromatic N) is 2. The molecule has 0 bridgehead atoms. The lowest BCUT2D eigenvalue weighted by Gasteiger charge is -2.20. The summed E-state index contributed by atoms with van der Waals surface area (Å²) in [5.74, 6) is 0.698. The molecule has 1 aliphatic rings. The number of hydrogen-bond acceptors (Lipinski definition) is 3. The van der Waals surface area contributed by atoms with E-state index in [1.807, 2.05) is 14.1 Å². The molecule has 0 radical (unpaired) electrons. The molecule has 0 spiro atoms. The average molecular weight is 189 g/mol. The molecule has 1 aliphatic heterocycles. The van der Waals surface area contributed by atoms with E-state index in [2.05, 4.69) is 15.3 Å². The van der Waals surface area contributed by atoms with Crippen molar-refractivity contribution in [2.45, 2.75) is 6.42 Å². The van der Waals surface area contributed by atoms with Crippen molar-refractivity contribution in [1.29, 1.82) is 0 Å². The highest BCUT2D eigenvalue weighted by atomic mass is 19.1. The van der Waals surface area contributed by atoms with Crippen molar-refractivity contribution < 1.29 is 4.39 Å². The third-order valence-corrected chi connectivity index (χ3v) is 2.68. The molecule has 1 saturated heterocycles. The molecule has 0 amide bonds. The van der Waals surface area contributed by atoms with Crippen molar-refractivity contribution in [1.82, 2.24) is 15.3 Å². The zero-order valence-electron chi connectivity index (χ0n) is 8.59. The second kappa shape index (κ2) is 5.52. The Labute approximate surface area is 79.9 Å². The molecule has 1 heterocycles. The summed E-state index contributed by atoms with van der Waals surface area (Å²) in [7, 11) is 3.96. The maximum absolute atomic E-state index is 12.0. The van der Waals surface area contributed by atoms with E-state index in [4.69, 9.17) is 0 Å². The van der Waals surface area contributed by atoms with Crippen molar-refractivity contribution in [2.75, 3.05) is 46.9 Å². The third-order valence-electron chi connectivity index (χ3n) is 2.68. The van der Waals surface area contributed by atoms with E-state index in [0.29, 0.717) is 12.5 Å². The van der Waals surface area contributed by atoms with E-state index in [-0.39, 0.29) is 6.67 Å². The Hall–Kier alpha value is -0.190. The molecule has 1 N–H and O–H groups in total. The average Bonchev–Trinajstić information content (AvgIpc) is 2.53. The Morgan fingerprint density at radius 1 is 1.62 bits per heavy atom. The molecular formula is C9H20FN3. The molecule has 0 saturated carbocycles. The molecule has 0 aromatic carbocycles. The second-order valence-electron chi connectivity index (χ2n) is 3.75. The first-order valence-corrected chi connectivity index (χ1v) is 4.93. The molecule has 0 aromatic rings. The number of hydrazine groups is 1. The Morgan fingerprint density at radius 3 is 3.00 bits per heavy atom. The summed E-state index contributed by atoms with van der Waals surface area (Å²) >= 11 is 0. The Kier molecular flexibility index (Phi) is 4.62. The van der Waals surface area contributed by atoms with Crippen molar-refractivity contribution in [3.05, 3.63) is 0 Å². The summed E-state index contributed by atoms with van der Waals surface area (Å²) in [6.45, 7) is 3.57. The van der Waals surface area contributed by atoms with Crippen LogP contribution in [0.1, 0.15) is 6.42 Å². The minimum absolute atomic E-state index is 0.214. The van der Waals surface area contributed by atoms with Crippen LogP contribution in [-0.4, -0.2) is 56.9 Å². The summed E-state index contributed by atoms with van der Waals surface area (Å²) < 4.78 is 12.0. The van der Waals surface area contributed by atoms with Gasteiger partial charge in [-0.1, -0.05) is 0 Å². The highest BCUT2D eigenvalue weighted by Crippen LogP contribution is 2.15. The number of rotatable bonds is 5. The molecule has 0 unspecified atom stereocenters. The van der Waals surface area contributed by atoms with E-state index in [1.54, 1.807) is 0 Å². The highest BCUT2D eigenvalue weighted by Gasteiger charge is 2.22. The summed E-state index contributed by atoms with van der Waals surface area (Å²) in [6, 6.07) is 0. The predicted molar refractivity (Wildman–Crippen MR) is 52.2 cm³/mol. The van der Waals surface area contributed by atoms with Crippen molar-refractivity contribution in [3.63, 3.8) is 0 Å². The topological polar surface area (TPSA) is 18.5 Å². The fourth-order valence-electron chi connectivity index (χ4n) is 1.86. The van der Waals surface area contributed by atoms with Gasteiger partial charge in [-0.05, 0) is 25.9 Å². The fourth-order valence-corrected chi connectivity index (χ4v) is 1.86. The summed E-state index contributed by atoms with van der Waals surface area (Å²) in [5, 5.41) is 2.09. The van der Waals surface area contributed by atoms with Gasteiger partial charge in [-0.3, -0.25) is 5.43 Å². The first-order valence-electron chi connectivity index (χ1n) is 4.93. The van der Waals surface area contributed by atoms with Crippen LogP contribution in [0.5, 0.6) is 0 Å². The van der Waals surface area contributed by atoms with Crippen LogP contribution >= 0.6 is 0 Å². The zero-order valence-corrected chi connectivity index (χ0v) is 8.59. The van der Waals surface area contributed by atoms with Crippen LogP contribution in [0.4, 0.5) is 4.39 Å². The molecule has 1 rings (SSSR count). The van der Waals surface area contributed by atoms with Gasteiger partial charge in [-0.15, -0.1) is 0 Å². The Morgan fingerprint density at radius 2 is 2.38 bits per heavy atom. The van der Waals surface area contributed by atoms with Crippen molar-refractivity contribution in [2.24, 2.45) is 5.92 Å². The van der Waals surface area contributed by atoms with Gasteiger partial charge in [0.15, 0.2) is 0 Å². The van der Waals surface area contributed by atoms with Gasteiger partial charge in [-0.2, -0.15) is 0 Å². The Bertz CT molecular complexity index is 143. The molecule has 4 heteroatoms. The molecule has 0 aromatic heterocycles. The van der Waals surface area contributed by atoms with Crippen LogP contribution in [0.15, 0.2) is 0 Å². The molecule has 1 fully saturated rings. The number of halogens is 1. The minimum atomic E-state index is -0.214. The summed E-state index contributed by atoms with van der Waals surface area (Å²) in [6.07, 6.45) is 1.20. The van der Waals surface area contributed by atoms with Gasteiger partial charge >= 0.3 is 0 Å². The van der Waals surface area contributed by atoms with Gasteiger partial charge < -0.3 is 4.90 Å². The van der Waals surface area contributed by atoms with Gasteiger partial charge in [0, 0.05) is 26.7 Å². The number of likely N-dealkylation sites (tertiary alicyclic amines) is 1. The van der Waals surface area contributed by atoms with Crippen molar-refractivity contribution >= 4 is 0 Å². The van der Waals surface area contributed by atoms with Crippen LogP contribution in [0.2, 0.25) is 0 Å². The van der Waals surface area contributed by atoms with E-state index >= 15 is 0 Å². The van der Waals surface area contributed by atoms with E-state index in [0.717, 1.165) is 19.6 Å². The molecular weight excluding hydrogens is 169 g/mol. The lowest BCUT2D eigenvalue weighted by atomic mass is 10.1. The molecule has 0 aliphatic carbocycles. The maximum Gasteiger partial charge on any atom is 0.102 e. The van der Waals surface area contributed by atoms with Gasteiger partial charge in [0.1, 0.15) is 6.67 Å². The predicted octanol–water partition coefficient (Wildman–Crippen LogP) is 0.344. The molecule has 1 atom stereocenters. The van der Waals surface area contributed by atoms with Gasteiger partial charge in [0.05, 0.1) is 0 Å². The minimum Gasteiger partial charge on any atom is -0.300 e. The maximum atomic E-state index is 12.0. The zero-order chi connectivity index (χ0) is 9.68. The Balaban J connectivity index is 2.17. The number of nitrogens with one attached hydrogen (secondary N) is 1. The molecule has 13 heavy (non-hydrogen) atoms. The SMILES string of the molecule is CNN(C)C[C@@H]1CCN(CCF)C1. The second-order valence-corrected chi connectivity index (χ2v) is 3.75. The first kappa shape index (κ1) is 10.9. The standard InChI is InChI=1S/C9H20FN3/c1-11-12(2)7-9-3-5-13(8-9)6-4-10/h9,11H,3-8H2,1-2H3/t9-/m0/s1. The van der Waals surface area contributed by atoms with E-state index in [9.17, 15) is 4.39 Å². The highest BCUT2D eigenvalue weighted by molar-refractivity contribution is 4.76. The van der Waals surface area contributed by atoms with Crippen LogP contribution in [0.25, 0.3) is 0 Å². The van der Waals surface area contributed by atoms with Crippen LogP contribution < -0.4 is 5.43 Å². The smallest absolute Gasteiger partial charge is 0.102 e. The molecule has 78 valence electrons. The lowest BCUT2D eigenvalue weighted by Crippen LogP contribution is -2.36. The van der Waals surface area contributed by atoms with Gasteiger partial charge in [0.2, 0.25) is 0 Å². The van der Waals surface area contributed by atoms with Crippen LogP contribution in [-0.2, 0) is 0 Å². The summed E-state index contributed by atoms with van der Waals surface area (Å²) in [5.41, 5.74) is 3.08. The monoisotopic (exact) mass is 189 g/mol. The summed E-state index contributed by atoms with van der Waals surface area (Å²) in [4.78, 5) is 2.20. The number of alkyl halides is 1. The van der Waals surface area contributed by atoms with Gasteiger partial charge in [-0.25, -0.2) is 9.40 Å². The normalized spacial score (nSPS) is 24.5.